The van der Waals surface area contributed by atoms with Crippen LogP contribution in [0.3, 0.4) is 0 Å². The number of carbonyl (C=O) groups is 1. The van der Waals surface area contributed by atoms with Crippen molar-refractivity contribution in [3.8, 4) is 11.3 Å². The molecule has 1 fully saturated rings. The standard InChI is InChI=1S/C26H29F3N4O6/c1-13(2)6-19(35)25(38-12-14-4-3-5-30-9-14)26-24(37)22(23(36)20(11-34)39-26)33-10-18(31-32-33)15-7-16(27)21(29)17(28)8-15/h3-5,7-10,13,20,22-26,34,36-37H,6,11-12H2,1-2H3/t20?,22-,23-,24?,25+,26+/m0/s1. The van der Waals surface area contributed by atoms with Gasteiger partial charge >= 0.3 is 0 Å². The van der Waals surface area contributed by atoms with E-state index in [1.54, 1.807) is 24.5 Å². The molecule has 10 nitrogen and oxygen atoms in total. The van der Waals surface area contributed by atoms with Gasteiger partial charge in [0, 0.05) is 24.4 Å². The summed E-state index contributed by atoms with van der Waals surface area (Å²) < 4.78 is 53.7. The fourth-order valence-electron chi connectivity index (χ4n) is 4.51. The molecular formula is C26H29F3N4O6. The van der Waals surface area contributed by atoms with Crippen LogP contribution in [0.15, 0.2) is 42.9 Å². The molecule has 13 heteroatoms. The van der Waals surface area contributed by atoms with Crippen LogP contribution in [0.25, 0.3) is 11.3 Å². The summed E-state index contributed by atoms with van der Waals surface area (Å²) in [5.74, 6) is -4.89. The van der Waals surface area contributed by atoms with Crippen molar-refractivity contribution in [1.82, 2.24) is 20.0 Å². The summed E-state index contributed by atoms with van der Waals surface area (Å²) in [6, 6.07) is 3.61. The van der Waals surface area contributed by atoms with Crippen molar-refractivity contribution in [3.05, 3.63) is 65.9 Å². The Morgan fingerprint density at radius 1 is 1.18 bits per heavy atom. The van der Waals surface area contributed by atoms with Gasteiger partial charge in [-0.3, -0.25) is 9.78 Å². The van der Waals surface area contributed by atoms with Crippen LogP contribution in [0.2, 0.25) is 0 Å². The smallest absolute Gasteiger partial charge is 0.194 e. The van der Waals surface area contributed by atoms with E-state index < -0.39 is 60.6 Å². The second-order valence-electron chi connectivity index (χ2n) is 9.79. The Labute approximate surface area is 222 Å². The molecule has 3 N–H and O–H groups in total. The molecule has 0 bridgehead atoms. The van der Waals surface area contributed by atoms with Gasteiger partial charge < -0.3 is 24.8 Å². The van der Waals surface area contributed by atoms with Gasteiger partial charge in [0.2, 0.25) is 0 Å². The van der Waals surface area contributed by atoms with Crippen molar-refractivity contribution in [2.75, 3.05) is 6.61 Å². The number of ketones is 1. The van der Waals surface area contributed by atoms with Gasteiger partial charge in [-0.2, -0.15) is 0 Å². The Bertz CT molecular complexity index is 1250. The lowest BCUT2D eigenvalue weighted by Crippen LogP contribution is -2.60. The first kappa shape index (κ1) is 28.8. The van der Waals surface area contributed by atoms with Gasteiger partial charge in [-0.15, -0.1) is 5.10 Å². The number of pyridine rings is 1. The Morgan fingerprint density at radius 2 is 1.90 bits per heavy atom. The molecule has 1 saturated heterocycles. The zero-order valence-corrected chi connectivity index (χ0v) is 21.2. The number of ether oxygens (including phenoxy) is 2. The van der Waals surface area contributed by atoms with Crippen molar-refractivity contribution in [2.45, 2.75) is 63.4 Å². The Hall–Kier alpha value is -3.23. The van der Waals surface area contributed by atoms with Crippen molar-refractivity contribution in [1.29, 1.82) is 0 Å². The summed E-state index contributed by atoms with van der Waals surface area (Å²) in [6.45, 7) is 3.00. The summed E-state index contributed by atoms with van der Waals surface area (Å²) in [5, 5.41) is 39.9. The van der Waals surface area contributed by atoms with Crippen LogP contribution in [-0.4, -0.2) is 78.2 Å². The van der Waals surface area contributed by atoms with Gasteiger partial charge in [0.25, 0.3) is 0 Å². The maximum Gasteiger partial charge on any atom is 0.194 e. The number of nitrogens with zero attached hydrogens (tertiary/aromatic N) is 4. The fourth-order valence-corrected chi connectivity index (χ4v) is 4.51. The maximum atomic E-state index is 13.8. The van der Waals surface area contributed by atoms with E-state index in [0.717, 1.165) is 16.8 Å². The number of aliphatic hydroxyl groups is 3. The van der Waals surface area contributed by atoms with Gasteiger partial charge in [0.05, 0.1) is 19.4 Å². The van der Waals surface area contributed by atoms with Crippen molar-refractivity contribution in [2.24, 2.45) is 5.92 Å². The minimum atomic E-state index is -1.64. The molecule has 1 aliphatic heterocycles. The minimum absolute atomic E-state index is 0.0267. The van der Waals surface area contributed by atoms with E-state index in [4.69, 9.17) is 9.47 Å². The lowest BCUT2D eigenvalue weighted by atomic mass is 9.87. The molecule has 4 rings (SSSR count). The fraction of sp³-hybridized carbons (Fsp3) is 0.462. The number of aliphatic hydroxyl groups excluding tert-OH is 3. The second kappa shape index (κ2) is 12.3. The van der Waals surface area contributed by atoms with Crippen LogP contribution in [0, 0.1) is 23.4 Å². The van der Waals surface area contributed by atoms with Crippen molar-refractivity contribution in [3.63, 3.8) is 0 Å². The summed E-state index contributed by atoms with van der Waals surface area (Å²) in [4.78, 5) is 17.2. The number of benzene rings is 1. The topological polar surface area (TPSA) is 140 Å². The molecule has 1 aromatic carbocycles. The SMILES string of the molecule is CC(C)CC(=O)[C@@H](OCc1cccnc1)[C@@H]1OC(CO)[C@H](O)[C@H](n2cc(-c3cc(F)c(F)c(F)c3)nn2)C1O. The largest absolute Gasteiger partial charge is 0.394 e. The number of carbonyl (C=O) groups excluding carboxylic acids is 1. The number of rotatable bonds is 10. The third-order valence-electron chi connectivity index (χ3n) is 6.40. The van der Waals surface area contributed by atoms with E-state index in [1.807, 2.05) is 13.8 Å². The lowest BCUT2D eigenvalue weighted by molar-refractivity contribution is -0.234. The molecule has 0 radical (unpaired) electrons. The maximum absolute atomic E-state index is 13.8. The van der Waals surface area contributed by atoms with Crippen molar-refractivity contribution < 1.29 is 42.8 Å². The van der Waals surface area contributed by atoms with Gasteiger partial charge in [0.1, 0.15) is 42.3 Å². The molecule has 6 atom stereocenters. The molecule has 0 saturated carbocycles. The molecule has 1 aliphatic rings. The molecule has 2 unspecified atom stereocenters. The van der Waals surface area contributed by atoms with E-state index in [9.17, 15) is 33.3 Å². The van der Waals surface area contributed by atoms with Crippen LogP contribution in [0.4, 0.5) is 13.2 Å². The van der Waals surface area contributed by atoms with Gasteiger partial charge in [-0.1, -0.05) is 25.1 Å². The molecule has 3 aromatic rings. The number of Topliss-reactive ketones (excluding diaryl/α,β-unsaturated/α-hetero) is 1. The molecule has 39 heavy (non-hydrogen) atoms. The summed E-state index contributed by atoms with van der Waals surface area (Å²) in [6.07, 6.45) is -2.51. The molecule has 210 valence electrons. The van der Waals surface area contributed by atoms with E-state index in [-0.39, 0.29) is 36.0 Å². The lowest BCUT2D eigenvalue weighted by Gasteiger charge is -2.44. The Kier molecular flexibility index (Phi) is 9.08. The van der Waals surface area contributed by atoms with E-state index >= 15 is 0 Å². The zero-order valence-electron chi connectivity index (χ0n) is 21.2. The van der Waals surface area contributed by atoms with E-state index in [2.05, 4.69) is 15.3 Å². The molecule has 3 heterocycles. The number of hydrogen-bond acceptors (Lipinski definition) is 9. The first-order valence-corrected chi connectivity index (χ1v) is 12.3. The van der Waals surface area contributed by atoms with E-state index in [0.29, 0.717) is 5.56 Å². The third kappa shape index (κ3) is 6.34. The van der Waals surface area contributed by atoms with Crippen LogP contribution in [0.1, 0.15) is 31.9 Å². The van der Waals surface area contributed by atoms with Crippen LogP contribution in [0.5, 0.6) is 0 Å². The third-order valence-corrected chi connectivity index (χ3v) is 6.40. The van der Waals surface area contributed by atoms with Crippen molar-refractivity contribution >= 4 is 5.78 Å². The average Bonchev–Trinajstić information content (AvgIpc) is 3.38. The molecular weight excluding hydrogens is 521 g/mol. The summed E-state index contributed by atoms with van der Waals surface area (Å²) >= 11 is 0. The van der Waals surface area contributed by atoms with Crippen LogP contribution >= 0.6 is 0 Å². The highest BCUT2D eigenvalue weighted by molar-refractivity contribution is 5.84. The second-order valence-corrected chi connectivity index (χ2v) is 9.79. The Balaban J connectivity index is 1.66. The molecule has 0 amide bonds. The highest BCUT2D eigenvalue weighted by Gasteiger charge is 2.50. The first-order chi connectivity index (χ1) is 18.6. The number of aromatic nitrogens is 4. The van der Waals surface area contributed by atoms with E-state index in [1.165, 1.54) is 6.20 Å². The van der Waals surface area contributed by atoms with Gasteiger partial charge in [0.15, 0.2) is 23.2 Å². The highest BCUT2D eigenvalue weighted by Crippen LogP contribution is 2.34. The molecule has 0 spiro atoms. The minimum Gasteiger partial charge on any atom is -0.394 e. The summed E-state index contributed by atoms with van der Waals surface area (Å²) in [5.41, 5.74) is 0.463. The average molecular weight is 551 g/mol. The highest BCUT2D eigenvalue weighted by atomic mass is 19.2. The summed E-state index contributed by atoms with van der Waals surface area (Å²) in [7, 11) is 0. The van der Waals surface area contributed by atoms with Gasteiger partial charge in [-0.25, -0.2) is 17.9 Å². The zero-order chi connectivity index (χ0) is 28.3. The molecule has 2 aromatic heterocycles. The molecule has 0 aliphatic carbocycles. The predicted molar refractivity (Wildman–Crippen MR) is 129 cm³/mol. The first-order valence-electron chi connectivity index (χ1n) is 12.3. The number of hydrogen-bond donors (Lipinski definition) is 3. The van der Waals surface area contributed by atoms with Crippen LogP contribution in [-0.2, 0) is 20.9 Å². The van der Waals surface area contributed by atoms with Gasteiger partial charge in [-0.05, 0) is 29.7 Å². The van der Waals surface area contributed by atoms with Crippen LogP contribution < -0.4 is 0 Å². The monoisotopic (exact) mass is 550 g/mol. The normalized spacial score (nSPS) is 24.2. The number of halogens is 3. The quantitative estimate of drug-likeness (QED) is 0.323. The Morgan fingerprint density at radius 3 is 2.51 bits per heavy atom. The predicted octanol–water partition coefficient (Wildman–Crippen LogP) is 1.98.